The highest BCUT2D eigenvalue weighted by Crippen LogP contribution is 2.32. The van der Waals surface area contributed by atoms with Crippen molar-refractivity contribution in [3.63, 3.8) is 0 Å². The molecule has 5 heteroatoms. The lowest BCUT2D eigenvalue weighted by atomic mass is 10.1. The van der Waals surface area contributed by atoms with Gasteiger partial charge in [-0.2, -0.15) is 0 Å². The maximum Gasteiger partial charge on any atom is 0.138 e. The Kier molecular flexibility index (Phi) is 4.63. The van der Waals surface area contributed by atoms with Gasteiger partial charge in [0.1, 0.15) is 17.0 Å². The first-order chi connectivity index (χ1) is 8.99. The fourth-order valence-electron chi connectivity index (χ4n) is 2.12. The average molecular weight is 298 g/mol. The number of hydrogen-bond acceptors (Lipinski definition) is 4. The number of fused-ring (bicyclic) bond motifs is 1. The van der Waals surface area contributed by atoms with Gasteiger partial charge in [0, 0.05) is 11.4 Å². The minimum absolute atomic E-state index is 0.130. The van der Waals surface area contributed by atoms with Gasteiger partial charge in [0.2, 0.25) is 0 Å². The van der Waals surface area contributed by atoms with E-state index in [0.717, 1.165) is 29.0 Å². The van der Waals surface area contributed by atoms with Gasteiger partial charge in [-0.05, 0) is 31.7 Å². The van der Waals surface area contributed by atoms with E-state index in [4.69, 9.17) is 11.6 Å². The van der Waals surface area contributed by atoms with Crippen LogP contribution >= 0.6 is 22.9 Å². The van der Waals surface area contributed by atoms with Gasteiger partial charge in [-0.15, -0.1) is 22.9 Å². The lowest BCUT2D eigenvalue weighted by Gasteiger charge is -2.13. The van der Waals surface area contributed by atoms with Crippen LogP contribution < -0.4 is 5.32 Å². The van der Waals surface area contributed by atoms with Crippen molar-refractivity contribution in [3.8, 4) is 0 Å². The van der Waals surface area contributed by atoms with E-state index in [1.54, 1.807) is 17.7 Å². The van der Waals surface area contributed by atoms with Crippen LogP contribution in [0.2, 0.25) is 0 Å². The Morgan fingerprint density at radius 1 is 1.32 bits per heavy atom. The van der Waals surface area contributed by atoms with E-state index in [-0.39, 0.29) is 5.38 Å². The van der Waals surface area contributed by atoms with E-state index in [1.807, 2.05) is 0 Å². The van der Waals surface area contributed by atoms with Crippen LogP contribution in [0.1, 0.15) is 30.7 Å². The quantitative estimate of drug-likeness (QED) is 0.833. The summed E-state index contributed by atoms with van der Waals surface area (Å²) < 4.78 is 0. The second-order valence-corrected chi connectivity index (χ2v) is 7.11. The topological polar surface area (TPSA) is 37.8 Å². The van der Waals surface area contributed by atoms with Crippen LogP contribution in [0.5, 0.6) is 0 Å². The smallest absolute Gasteiger partial charge is 0.138 e. The molecule has 104 valence electrons. The number of aromatic nitrogens is 2. The van der Waals surface area contributed by atoms with Crippen LogP contribution in [0.4, 0.5) is 5.82 Å². The van der Waals surface area contributed by atoms with Crippen molar-refractivity contribution in [3.05, 3.63) is 16.8 Å². The summed E-state index contributed by atoms with van der Waals surface area (Å²) in [7, 11) is 0. The molecule has 2 aromatic rings. The SMILES string of the molecule is Cc1sc2ncnc(NCC(Cl)CC(C)C)c2c1C. The number of rotatable bonds is 5. The van der Waals surface area contributed by atoms with Crippen molar-refractivity contribution >= 4 is 39.0 Å². The van der Waals surface area contributed by atoms with Gasteiger partial charge in [-0.3, -0.25) is 0 Å². The maximum atomic E-state index is 6.32. The van der Waals surface area contributed by atoms with Crippen molar-refractivity contribution in [2.45, 2.75) is 39.5 Å². The van der Waals surface area contributed by atoms with Crippen LogP contribution in [-0.2, 0) is 0 Å². The van der Waals surface area contributed by atoms with E-state index >= 15 is 0 Å². The second kappa shape index (κ2) is 6.06. The molecule has 0 saturated carbocycles. The van der Waals surface area contributed by atoms with Gasteiger partial charge in [0.15, 0.2) is 0 Å². The normalized spacial score (nSPS) is 13.2. The molecule has 0 amide bonds. The predicted octanol–water partition coefficient (Wildman–Crippen LogP) is 4.37. The summed E-state index contributed by atoms with van der Waals surface area (Å²) in [5, 5.41) is 4.64. The third kappa shape index (κ3) is 3.37. The van der Waals surface area contributed by atoms with Gasteiger partial charge in [-0.1, -0.05) is 13.8 Å². The highest BCUT2D eigenvalue weighted by Gasteiger charge is 2.13. The fraction of sp³-hybridized carbons (Fsp3) is 0.571. The summed E-state index contributed by atoms with van der Waals surface area (Å²) in [4.78, 5) is 11.0. The molecule has 0 fully saturated rings. The van der Waals surface area contributed by atoms with Gasteiger partial charge in [0.05, 0.1) is 10.8 Å². The zero-order valence-corrected chi connectivity index (χ0v) is 13.4. The first-order valence-corrected chi connectivity index (χ1v) is 7.83. The molecule has 0 spiro atoms. The largest absolute Gasteiger partial charge is 0.368 e. The maximum absolute atomic E-state index is 6.32. The molecule has 2 rings (SSSR count). The van der Waals surface area contributed by atoms with E-state index in [1.165, 1.54) is 10.4 Å². The van der Waals surface area contributed by atoms with Crippen LogP contribution in [0.3, 0.4) is 0 Å². The molecule has 19 heavy (non-hydrogen) atoms. The Morgan fingerprint density at radius 2 is 2.05 bits per heavy atom. The van der Waals surface area contributed by atoms with Crippen LogP contribution in [-0.4, -0.2) is 21.9 Å². The Balaban J connectivity index is 2.17. The van der Waals surface area contributed by atoms with Gasteiger partial charge < -0.3 is 5.32 Å². The summed E-state index contributed by atoms with van der Waals surface area (Å²) in [6, 6.07) is 0. The summed E-state index contributed by atoms with van der Waals surface area (Å²) in [5.41, 5.74) is 1.26. The Morgan fingerprint density at radius 3 is 2.74 bits per heavy atom. The molecule has 0 aliphatic carbocycles. The van der Waals surface area contributed by atoms with Crippen LogP contribution in [0.25, 0.3) is 10.2 Å². The van der Waals surface area contributed by atoms with Crippen molar-refractivity contribution in [2.75, 3.05) is 11.9 Å². The predicted molar refractivity (Wildman–Crippen MR) is 84.5 cm³/mol. The lowest BCUT2D eigenvalue weighted by molar-refractivity contribution is 0.572. The number of anilines is 1. The zero-order valence-electron chi connectivity index (χ0n) is 11.8. The molecule has 2 aromatic heterocycles. The molecule has 0 aliphatic heterocycles. The third-order valence-electron chi connectivity index (χ3n) is 3.18. The second-order valence-electron chi connectivity index (χ2n) is 5.29. The van der Waals surface area contributed by atoms with E-state index in [9.17, 15) is 0 Å². The zero-order chi connectivity index (χ0) is 14.0. The number of nitrogens with one attached hydrogen (secondary N) is 1. The summed E-state index contributed by atoms with van der Waals surface area (Å²) in [6.07, 6.45) is 2.62. The van der Waals surface area contributed by atoms with Crippen molar-refractivity contribution in [1.82, 2.24) is 9.97 Å². The van der Waals surface area contributed by atoms with E-state index < -0.39 is 0 Å². The third-order valence-corrected chi connectivity index (χ3v) is 4.63. The molecule has 1 atom stereocenters. The first kappa shape index (κ1) is 14.5. The van der Waals surface area contributed by atoms with Gasteiger partial charge in [0.25, 0.3) is 0 Å². The highest BCUT2D eigenvalue weighted by atomic mass is 35.5. The Bertz CT molecular complexity index is 565. The lowest BCUT2D eigenvalue weighted by Crippen LogP contribution is -2.17. The van der Waals surface area contributed by atoms with Gasteiger partial charge in [-0.25, -0.2) is 9.97 Å². The number of alkyl halides is 1. The average Bonchev–Trinajstić information content (AvgIpc) is 2.62. The van der Waals surface area contributed by atoms with Crippen LogP contribution in [0.15, 0.2) is 6.33 Å². The molecule has 0 bridgehead atoms. The Labute approximate surface area is 123 Å². The van der Waals surface area contributed by atoms with Crippen molar-refractivity contribution in [2.24, 2.45) is 5.92 Å². The number of nitrogens with zero attached hydrogens (tertiary/aromatic N) is 2. The molecular formula is C14H20ClN3S. The molecular weight excluding hydrogens is 278 g/mol. The summed E-state index contributed by atoms with van der Waals surface area (Å²) >= 11 is 8.03. The standard InChI is InChI=1S/C14H20ClN3S/c1-8(2)5-11(15)6-16-13-12-9(3)10(4)19-14(12)18-7-17-13/h7-8,11H,5-6H2,1-4H3,(H,16,17,18). The first-order valence-electron chi connectivity index (χ1n) is 6.57. The monoisotopic (exact) mass is 297 g/mol. The molecule has 0 saturated heterocycles. The molecule has 3 nitrogen and oxygen atoms in total. The molecule has 0 aromatic carbocycles. The van der Waals surface area contributed by atoms with E-state index in [0.29, 0.717) is 5.92 Å². The van der Waals surface area contributed by atoms with E-state index in [2.05, 4.69) is 43.0 Å². The molecule has 0 aliphatic rings. The summed E-state index contributed by atoms with van der Waals surface area (Å²) in [6.45, 7) is 9.35. The number of halogens is 1. The van der Waals surface area contributed by atoms with Crippen LogP contribution in [0, 0.1) is 19.8 Å². The Hall–Kier alpha value is -0.870. The molecule has 1 N–H and O–H groups in total. The van der Waals surface area contributed by atoms with Gasteiger partial charge >= 0.3 is 0 Å². The highest BCUT2D eigenvalue weighted by molar-refractivity contribution is 7.18. The molecule has 0 radical (unpaired) electrons. The van der Waals surface area contributed by atoms with Crippen molar-refractivity contribution in [1.29, 1.82) is 0 Å². The number of thiophene rings is 1. The number of aryl methyl sites for hydroxylation is 2. The van der Waals surface area contributed by atoms with Crippen molar-refractivity contribution < 1.29 is 0 Å². The fourth-order valence-corrected chi connectivity index (χ4v) is 3.55. The summed E-state index contributed by atoms with van der Waals surface area (Å²) in [5.74, 6) is 1.51. The number of hydrogen-bond donors (Lipinski definition) is 1. The molecule has 2 heterocycles. The molecule has 1 unspecified atom stereocenters. The minimum atomic E-state index is 0.130. The minimum Gasteiger partial charge on any atom is -0.368 e.